The van der Waals surface area contributed by atoms with Crippen LogP contribution in [0, 0.1) is 11.7 Å². The van der Waals surface area contributed by atoms with Crippen LogP contribution in [-0.2, 0) is 4.79 Å². The Morgan fingerprint density at radius 2 is 1.86 bits per heavy atom. The number of carbonyl (C=O) groups is 2. The zero-order valence-electron chi connectivity index (χ0n) is 11.5. The van der Waals surface area contributed by atoms with Gasteiger partial charge in [0.1, 0.15) is 11.6 Å². The van der Waals surface area contributed by atoms with E-state index in [1.165, 1.54) is 35.6 Å². The van der Waals surface area contributed by atoms with Crippen molar-refractivity contribution in [2.75, 3.05) is 10.6 Å². The fourth-order valence-corrected chi connectivity index (χ4v) is 2.07. The van der Waals surface area contributed by atoms with Gasteiger partial charge in [0.05, 0.1) is 0 Å². The molecule has 110 valence electrons. The van der Waals surface area contributed by atoms with Crippen LogP contribution in [-0.4, -0.2) is 16.8 Å². The SMILES string of the molecule is CC(C)C(=O)Nc1csc(NC(=O)c2ccc(F)cc2)n1. The largest absolute Gasteiger partial charge is 0.310 e. The van der Waals surface area contributed by atoms with Crippen molar-refractivity contribution in [3.05, 3.63) is 41.0 Å². The van der Waals surface area contributed by atoms with Crippen LogP contribution >= 0.6 is 11.3 Å². The van der Waals surface area contributed by atoms with Gasteiger partial charge in [-0.25, -0.2) is 9.37 Å². The summed E-state index contributed by atoms with van der Waals surface area (Å²) in [7, 11) is 0. The minimum atomic E-state index is -0.403. The maximum Gasteiger partial charge on any atom is 0.257 e. The molecule has 0 unspecified atom stereocenters. The molecule has 0 spiro atoms. The van der Waals surface area contributed by atoms with E-state index >= 15 is 0 Å². The molecule has 0 aliphatic carbocycles. The molecule has 0 radical (unpaired) electrons. The van der Waals surface area contributed by atoms with Crippen LogP contribution in [0.3, 0.4) is 0 Å². The molecule has 2 rings (SSSR count). The summed E-state index contributed by atoms with van der Waals surface area (Å²) >= 11 is 1.20. The third-order valence-electron chi connectivity index (χ3n) is 2.61. The van der Waals surface area contributed by atoms with Gasteiger partial charge in [0.2, 0.25) is 5.91 Å². The van der Waals surface area contributed by atoms with Gasteiger partial charge in [0.15, 0.2) is 5.13 Å². The summed E-state index contributed by atoms with van der Waals surface area (Å²) in [6, 6.07) is 5.20. The molecule has 0 bridgehead atoms. The number of rotatable bonds is 4. The Morgan fingerprint density at radius 1 is 1.19 bits per heavy atom. The van der Waals surface area contributed by atoms with Crippen molar-refractivity contribution in [3.8, 4) is 0 Å². The predicted octanol–water partition coefficient (Wildman–Crippen LogP) is 3.13. The monoisotopic (exact) mass is 307 g/mol. The number of amides is 2. The van der Waals surface area contributed by atoms with Crippen LogP contribution in [0.1, 0.15) is 24.2 Å². The standard InChI is InChI=1S/C14H14FN3O2S/c1-8(2)12(19)16-11-7-21-14(17-11)18-13(20)9-3-5-10(15)6-4-9/h3-8H,1-2H3,(H,16,19)(H,17,18,20). The molecule has 0 saturated heterocycles. The topological polar surface area (TPSA) is 71.1 Å². The molecule has 0 saturated carbocycles. The average molecular weight is 307 g/mol. The lowest BCUT2D eigenvalue weighted by molar-refractivity contribution is -0.118. The minimum absolute atomic E-state index is 0.142. The molecule has 0 atom stereocenters. The van der Waals surface area contributed by atoms with Gasteiger partial charge in [-0.3, -0.25) is 14.9 Å². The highest BCUT2D eigenvalue weighted by atomic mass is 32.1. The molecule has 0 aliphatic heterocycles. The zero-order valence-corrected chi connectivity index (χ0v) is 12.3. The summed E-state index contributed by atoms with van der Waals surface area (Å²) in [4.78, 5) is 27.5. The third-order valence-corrected chi connectivity index (χ3v) is 3.36. The number of hydrogen-bond acceptors (Lipinski definition) is 4. The van der Waals surface area contributed by atoms with Crippen molar-refractivity contribution in [2.24, 2.45) is 5.92 Å². The maximum absolute atomic E-state index is 12.8. The van der Waals surface area contributed by atoms with E-state index in [0.717, 1.165) is 0 Å². The Kier molecular flexibility index (Phi) is 4.64. The minimum Gasteiger partial charge on any atom is -0.310 e. The highest BCUT2D eigenvalue weighted by Gasteiger charge is 2.12. The first kappa shape index (κ1) is 15.1. The molecular formula is C14H14FN3O2S. The molecule has 1 aromatic heterocycles. The quantitative estimate of drug-likeness (QED) is 0.911. The van der Waals surface area contributed by atoms with E-state index in [1.54, 1.807) is 19.2 Å². The Morgan fingerprint density at radius 3 is 2.48 bits per heavy atom. The first-order valence-electron chi connectivity index (χ1n) is 6.29. The highest BCUT2D eigenvalue weighted by Crippen LogP contribution is 2.20. The molecule has 7 heteroatoms. The van der Waals surface area contributed by atoms with E-state index in [4.69, 9.17) is 0 Å². The van der Waals surface area contributed by atoms with Crippen molar-refractivity contribution in [1.82, 2.24) is 4.98 Å². The molecule has 5 nitrogen and oxygen atoms in total. The van der Waals surface area contributed by atoms with Gasteiger partial charge >= 0.3 is 0 Å². The number of thiazole rings is 1. The van der Waals surface area contributed by atoms with Crippen molar-refractivity contribution < 1.29 is 14.0 Å². The van der Waals surface area contributed by atoms with Crippen molar-refractivity contribution in [1.29, 1.82) is 0 Å². The molecule has 2 amide bonds. The highest BCUT2D eigenvalue weighted by molar-refractivity contribution is 7.14. The van der Waals surface area contributed by atoms with Crippen LogP contribution in [0.4, 0.5) is 15.3 Å². The Bertz CT molecular complexity index is 652. The van der Waals surface area contributed by atoms with Crippen molar-refractivity contribution in [3.63, 3.8) is 0 Å². The normalized spacial score (nSPS) is 10.5. The number of nitrogens with zero attached hydrogens (tertiary/aromatic N) is 1. The predicted molar refractivity (Wildman–Crippen MR) is 79.9 cm³/mol. The van der Waals surface area contributed by atoms with Crippen LogP contribution in [0.2, 0.25) is 0 Å². The Hall–Kier alpha value is -2.28. The first-order valence-corrected chi connectivity index (χ1v) is 7.17. The van der Waals surface area contributed by atoms with E-state index in [1.807, 2.05) is 0 Å². The molecule has 2 N–H and O–H groups in total. The molecule has 21 heavy (non-hydrogen) atoms. The van der Waals surface area contributed by atoms with Gasteiger partial charge in [-0.1, -0.05) is 13.8 Å². The molecule has 0 aliphatic rings. The molecule has 2 aromatic rings. The average Bonchev–Trinajstić information content (AvgIpc) is 2.86. The van der Waals surface area contributed by atoms with Gasteiger partial charge in [-0.15, -0.1) is 11.3 Å². The third kappa shape index (κ3) is 4.09. The second-order valence-electron chi connectivity index (χ2n) is 4.64. The number of aromatic nitrogens is 1. The zero-order chi connectivity index (χ0) is 15.4. The summed E-state index contributed by atoms with van der Waals surface area (Å²) in [5.41, 5.74) is 0.333. The first-order chi connectivity index (χ1) is 9.95. The molecule has 1 heterocycles. The van der Waals surface area contributed by atoms with Crippen molar-refractivity contribution >= 4 is 34.1 Å². The number of benzene rings is 1. The van der Waals surface area contributed by atoms with Gasteiger partial charge in [-0.05, 0) is 24.3 Å². The van der Waals surface area contributed by atoms with Crippen LogP contribution < -0.4 is 10.6 Å². The Balaban J connectivity index is 2.00. The summed E-state index contributed by atoms with van der Waals surface area (Å²) in [6.07, 6.45) is 0. The summed E-state index contributed by atoms with van der Waals surface area (Å²) in [6.45, 7) is 3.55. The molecule has 0 fully saturated rings. The lowest BCUT2D eigenvalue weighted by Crippen LogP contribution is -2.18. The number of anilines is 2. The summed E-state index contributed by atoms with van der Waals surface area (Å²) in [5.74, 6) is -0.681. The van der Waals surface area contributed by atoms with Gasteiger partial charge in [0.25, 0.3) is 5.91 Å². The van der Waals surface area contributed by atoms with E-state index in [9.17, 15) is 14.0 Å². The number of nitrogens with one attached hydrogen (secondary N) is 2. The second kappa shape index (κ2) is 6.45. The number of carbonyl (C=O) groups excluding carboxylic acids is 2. The van der Waals surface area contributed by atoms with Gasteiger partial charge in [0, 0.05) is 16.9 Å². The number of halogens is 1. The smallest absolute Gasteiger partial charge is 0.257 e. The van der Waals surface area contributed by atoms with Crippen LogP contribution in [0.25, 0.3) is 0 Å². The van der Waals surface area contributed by atoms with Crippen LogP contribution in [0.5, 0.6) is 0 Å². The van der Waals surface area contributed by atoms with Gasteiger partial charge < -0.3 is 5.32 Å². The fraction of sp³-hybridized carbons (Fsp3) is 0.214. The Labute approximate surface area is 125 Å². The van der Waals surface area contributed by atoms with E-state index in [0.29, 0.717) is 16.5 Å². The van der Waals surface area contributed by atoms with E-state index in [-0.39, 0.29) is 17.7 Å². The summed E-state index contributed by atoms with van der Waals surface area (Å²) in [5, 5.41) is 7.24. The summed E-state index contributed by atoms with van der Waals surface area (Å²) < 4.78 is 12.8. The molecular weight excluding hydrogens is 293 g/mol. The number of hydrogen-bond donors (Lipinski definition) is 2. The van der Waals surface area contributed by atoms with Gasteiger partial charge in [-0.2, -0.15) is 0 Å². The van der Waals surface area contributed by atoms with Crippen LogP contribution in [0.15, 0.2) is 29.6 Å². The lowest BCUT2D eigenvalue weighted by Gasteiger charge is -2.04. The van der Waals surface area contributed by atoms with E-state index < -0.39 is 5.82 Å². The maximum atomic E-state index is 12.8. The van der Waals surface area contributed by atoms with E-state index in [2.05, 4.69) is 15.6 Å². The lowest BCUT2D eigenvalue weighted by atomic mass is 10.2. The molecule has 1 aromatic carbocycles. The second-order valence-corrected chi connectivity index (χ2v) is 5.50. The fourth-order valence-electron chi connectivity index (χ4n) is 1.43. The van der Waals surface area contributed by atoms with Crippen molar-refractivity contribution in [2.45, 2.75) is 13.8 Å².